The standard InChI is InChI=1S/C19H26AsN3O6/c1-16(24)21-28-20(25,29-26)19(9-4-3-5-10-19)23-13-11-22(12-14-23)17-7-6-8-18(15-17)27-2/h3-9,15,26H,10-14H2,1-2H3,(H,21,24). The molecule has 0 saturated carbocycles. The van der Waals surface area contributed by atoms with E-state index in [2.05, 4.69) is 14.3 Å². The van der Waals surface area contributed by atoms with Crippen LogP contribution < -0.4 is 15.1 Å². The molecule has 158 valence electrons. The van der Waals surface area contributed by atoms with E-state index in [1.54, 1.807) is 19.3 Å². The molecule has 1 heterocycles. The molecule has 0 aromatic heterocycles. The van der Waals surface area contributed by atoms with E-state index < -0.39 is 24.4 Å². The number of allylic oxidation sites excluding steroid dienone is 2. The molecule has 29 heavy (non-hydrogen) atoms. The first kappa shape index (κ1) is 21.7. The number of rotatable bonds is 7. The third-order valence-corrected chi connectivity index (χ3v) is 9.59. The van der Waals surface area contributed by atoms with Crippen molar-refractivity contribution in [3.05, 3.63) is 48.6 Å². The number of methoxy groups -OCH3 is 1. The molecule has 0 spiro atoms. The molecule has 2 aliphatic rings. The number of amides is 1. The van der Waals surface area contributed by atoms with Crippen LogP contribution in [0.4, 0.5) is 5.69 Å². The number of hydrogen-bond donors (Lipinski definition) is 2. The summed E-state index contributed by atoms with van der Waals surface area (Å²) in [7, 11) is 1.63. The van der Waals surface area contributed by atoms with Crippen LogP contribution in [-0.4, -0.2) is 67.9 Å². The summed E-state index contributed by atoms with van der Waals surface area (Å²) >= 11 is -4.94. The average Bonchev–Trinajstić information content (AvgIpc) is 2.78. The van der Waals surface area contributed by atoms with Crippen LogP contribution in [0.25, 0.3) is 0 Å². The molecule has 2 N–H and O–H groups in total. The fourth-order valence-electron chi connectivity index (χ4n) is 3.66. The van der Waals surface area contributed by atoms with Gasteiger partial charge in [0.2, 0.25) is 0 Å². The molecule has 1 aromatic rings. The van der Waals surface area contributed by atoms with E-state index in [0.29, 0.717) is 32.6 Å². The van der Waals surface area contributed by atoms with Crippen molar-refractivity contribution in [3.8, 4) is 5.75 Å². The number of hydrogen-bond acceptors (Lipinski definition) is 8. The van der Waals surface area contributed by atoms with E-state index in [9.17, 15) is 13.8 Å². The number of nitrogens with one attached hydrogen (secondary N) is 1. The predicted molar refractivity (Wildman–Crippen MR) is 107 cm³/mol. The molecular weight excluding hydrogens is 441 g/mol. The Morgan fingerprint density at radius 3 is 2.59 bits per heavy atom. The summed E-state index contributed by atoms with van der Waals surface area (Å²) in [5, 5.41) is 9.51. The van der Waals surface area contributed by atoms with Gasteiger partial charge in [0.05, 0.1) is 0 Å². The van der Waals surface area contributed by atoms with Crippen molar-refractivity contribution >= 4 is 25.8 Å². The van der Waals surface area contributed by atoms with Gasteiger partial charge in [-0.2, -0.15) is 0 Å². The molecule has 1 aliphatic heterocycles. The molecule has 9 nitrogen and oxygen atoms in total. The fourth-order valence-corrected chi connectivity index (χ4v) is 7.28. The van der Waals surface area contributed by atoms with Gasteiger partial charge in [-0.3, -0.25) is 0 Å². The molecular formula is C19H26AsN3O6. The maximum absolute atomic E-state index is 13.5. The van der Waals surface area contributed by atoms with Crippen molar-refractivity contribution in [2.75, 3.05) is 38.2 Å². The second-order valence-corrected chi connectivity index (χ2v) is 11.3. The molecule has 1 aliphatic carbocycles. The summed E-state index contributed by atoms with van der Waals surface area (Å²) in [6, 6.07) is 7.82. The van der Waals surface area contributed by atoms with E-state index >= 15 is 0 Å². The number of hydroxylamine groups is 1. The van der Waals surface area contributed by atoms with Crippen molar-refractivity contribution in [2.24, 2.45) is 0 Å². The number of carbonyl (C=O) groups is 1. The molecule has 1 saturated heterocycles. The van der Waals surface area contributed by atoms with Crippen molar-refractivity contribution in [2.45, 2.75) is 17.7 Å². The minimum atomic E-state index is -4.94. The van der Waals surface area contributed by atoms with Crippen molar-refractivity contribution in [1.82, 2.24) is 10.4 Å². The molecule has 0 bridgehead atoms. The van der Waals surface area contributed by atoms with E-state index in [4.69, 9.17) is 8.56 Å². The van der Waals surface area contributed by atoms with E-state index in [1.807, 2.05) is 41.3 Å². The Bertz CT molecular complexity index is 837. The second kappa shape index (κ2) is 9.19. The SMILES string of the molecule is COc1cccc(N2CCN(C3([As](=O)(OO)ONC(C)=O)C=CC=CC3)CC2)c1. The van der Waals surface area contributed by atoms with Crippen LogP contribution in [0.15, 0.2) is 48.6 Å². The van der Waals surface area contributed by atoms with Gasteiger partial charge in [0.25, 0.3) is 0 Å². The number of anilines is 1. The first-order valence-corrected chi connectivity index (χ1v) is 12.5. The molecule has 1 amide bonds. The van der Waals surface area contributed by atoms with Gasteiger partial charge in [-0.05, 0) is 0 Å². The summed E-state index contributed by atoms with van der Waals surface area (Å²) in [6.07, 6.45) is 7.49. The third-order valence-electron chi connectivity index (χ3n) is 5.17. The number of nitrogens with zero attached hydrogens (tertiary/aromatic N) is 2. The Kier molecular flexibility index (Phi) is 6.87. The number of ether oxygens (including phenoxy) is 1. The third kappa shape index (κ3) is 4.44. The van der Waals surface area contributed by atoms with Crippen molar-refractivity contribution < 1.29 is 26.2 Å². The molecule has 0 radical (unpaired) electrons. The van der Waals surface area contributed by atoms with Gasteiger partial charge in [0.15, 0.2) is 0 Å². The summed E-state index contributed by atoms with van der Waals surface area (Å²) in [4.78, 5) is 15.5. The molecule has 1 fully saturated rings. The van der Waals surface area contributed by atoms with Gasteiger partial charge >= 0.3 is 173 Å². The molecule has 2 unspecified atom stereocenters. The van der Waals surface area contributed by atoms with Crippen molar-refractivity contribution in [3.63, 3.8) is 0 Å². The Balaban J connectivity index is 1.80. The monoisotopic (exact) mass is 467 g/mol. The maximum atomic E-state index is 13.5. The number of piperazine rings is 1. The zero-order chi connectivity index (χ0) is 20.9. The Hall–Kier alpha value is -2.03. The number of carbonyl (C=O) groups excluding carboxylic acids is 1. The Morgan fingerprint density at radius 2 is 2.00 bits per heavy atom. The molecule has 2 atom stereocenters. The summed E-state index contributed by atoms with van der Waals surface area (Å²) in [5.74, 6) is 0.254. The van der Waals surface area contributed by atoms with Crippen molar-refractivity contribution in [1.29, 1.82) is 0 Å². The Labute approximate surface area is 172 Å². The van der Waals surface area contributed by atoms with Crippen LogP contribution in [0, 0.1) is 0 Å². The van der Waals surface area contributed by atoms with Gasteiger partial charge in [0.1, 0.15) is 0 Å². The summed E-state index contributed by atoms with van der Waals surface area (Å²) in [5.41, 5.74) is 3.12. The van der Waals surface area contributed by atoms with E-state index in [1.165, 1.54) is 6.92 Å². The minimum absolute atomic E-state index is 0.333. The van der Waals surface area contributed by atoms with Crippen LogP contribution in [0.5, 0.6) is 5.75 Å². The molecule has 10 heteroatoms. The fraction of sp³-hybridized carbons (Fsp3) is 0.421. The van der Waals surface area contributed by atoms with Crippen LogP contribution in [0.1, 0.15) is 13.3 Å². The zero-order valence-electron chi connectivity index (χ0n) is 16.5. The van der Waals surface area contributed by atoms with Gasteiger partial charge in [0, 0.05) is 0 Å². The quantitative estimate of drug-likeness (QED) is 0.354. The average molecular weight is 467 g/mol. The first-order valence-electron chi connectivity index (χ1n) is 9.31. The number of benzene rings is 1. The first-order chi connectivity index (χ1) is 13.9. The van der Waals surface area contributed by atoms with Crippen LogP contribution in [0.3, 0.4) is 0 Å². The second-order valence-electron chi connectivity index (χ2n) is 6.87. The van der Waals surface area contributed by atoms with Gasteiger partial charge in [-0.1, -0.05) is 0 Å². The van der Waals surface area contributed by atoms with Crippen LogP contribution >= 0.6 is 0 Å². The van der Waals surface area contributed by atoms with E-state index in [-0.39, 0.29) is 0 Å². The zero-order valence-corrected chi connectivity index (χ0v) is 18.4. The van der Waals surface area contributed by atoms with Gasteiger partial charge in [-0.25, -0.2) is 0 Å². The van der Waals surface area contributed by atoms with Crippen LogP contribution in [-0.2, 0) is 16.2 Å². The normalized spacial score (nSPS) is 24.2. The summed E-state index contributed by atoms with van der Waals surface area (Å²) in [6.45, 7) is 3.70. The predicted octanol–water partition coefficient (Wildman–Crippen LogP) is 1.54. The molecule has 3 rings (SSSR count). The Morgan fingerprint density at radius 1 is 1.24 bits per heavy atom. The van der Waals surface area contributed by atoms with Gasteiger partial charge in [-0.15, -0.1) is 0 Å². The van der Waals surface area contributed by atoms with Gasteiger partial charge < -0.3 is 0 Å². The topological polar surface area (TPSA) is 101 Å². The van der Waals surface area contributed by atoms with E-state index in [0.717, 1.165) is 11.4 Å². The molecule has 1 aromatic carbocycles. The summed E-state index contributed by atoms with van der Waals surface area (Å²) < 4.78 is 27.2. The van der Waals surface area contributed by atoms with Crippen LogP contribution in [0.2, 0.25) is 0 Å².